The molecule has 0 aliphatic rings. The molecule has 0 aromatic carbocycles. The Bertz CT molecular complexity index is 1190. The van der Waals surface area contributed by atoms with E-state index in [1.54, 1.807) is 0 Å². The number of hydrogen-bond donors (Lipinski definition) is 0. The maximum Gasteiger partial charge on any atom is 0.109 e. The van der Waals surface area contributed by atoms with E-state index in [1.165, 1.54) is 21.1 Å². The van der Waals surface area contributed by atoms with Gasteiger partial charge >= 0.3 is 0 Å². The average molecular weight is 745 g/mol. The van der Waals surface area contributed by atoms with Gasteiger partial charge in [0.15, 0.2) is 0 Å². The molecular formula is C49H93NOS. The fourth-order valence-corrected chi connectivity index (χ4v) is 4.68. The van der Waals surface area contributed by atoms with Gasteiger partial charge in [0.05, 0.1) is 0 Å². The minimum absolute atomic E-state index is 0. The molecule has 306 valence electrons. The fourth-order valence-electron chi connectivity index (χ4n) is 3.56. The molecule has 0 fully saturated rings. The lowest BCUT2D eigenvalue weighted by Gasteiger charge is -2.23. The van der Waals surface area contributed by atoms with Crippen molar-refractivity contribution in [2.45, 2.75) is 226 Å². The summed E-state index contributed by atoms with van der Waals surface area (Å²) in [4.78, 5) is 7.68. The summed E-state index contributed by atoms with van der Waals surface area (Å²) < 4.78 is 5.81. The van der Waals surface area contributed by atoms with E-state index in [4.69, 9.17) is 9.40 Å². The minimum Gasteiger partial charge on any atom is -0.465 e. The molecule has 0 amide bonds. The van der Waals surface area contributed by atoms with Crippen LogP contribution in [0.5, 0.6) is 0 Å². The Hall–Kier alpha value is -1.87. The van der Waals surface area contributed by atoms with Crippen LogP contribution in [-0.4, -0.2) is 4.98 Å². The van der Waals surface area contributed by atoms with Crippen LogP contribution in [0, 0.1) is 10.8 Å². The molecule has 2 nitrogen and oxygen atoms in total. The quantitative estimate of drug-likeness (QED) is 0.229. The molecule has 0 spiro atoms. The molecule has 0 atom stereocenters. The van der Waals surface area contributed by atoms with Crippen molar-refractivity contribution in [1.29, 1.82) is 0 Å². The third-order valence-electron chi connectivity index (χ3n) is 6.45. The molecular weight excluding hydrogens is 651 g/mol. The Labute approximate surface area is 333 Å². The van der Waals surface area contributed by atoms with Crippen LogP contribution in [0.1, 0.15) is 228 Å². The van der Waals surface area contributed by atoms with Crippen molar-refractivity contribution in [2.75, 3.05) is 0 Å². The van der Waals surface area contributed by atoms with Crippen molar-refractivity contribution in [3.8, 4) is 0 Å². The van der Waals surface area contributed by atoms with E-state index in [0.29, 0.717) is 21.7 Å². The molecule has 3 heteroatoms. The number of aromatic nitrogens is 1. The standard InChI is InChI=1S/C13H21N.C12H20O.C12H20S.2C5H12.C2H6.H2/c1-12(2,3)10-8-7-9-11(14-10)13(4,5)6;2*1-11(2,3)9-7-8-10(13-9)12(4,5)6;2*1-5(2,3)4;1-2;/h7-9H,1-6H3;2*7-8H,1-6H3;2*1-4H3;1-2H3;1H/i;;;;;;1+1. The predicted octanol–water partition coefficient (Wildman–Crippen LogP) is 17.3. The van der Waals surface area contributed by atoms with E-state index in [1.807, 2.05) is 25.2 Å². The van der Waals surface area contributed by atoms with Crippen molar-refractivity contribution >= 4 is 11.3 Å². The van der Waals surface area contributed by atoms with E-state index < -0.39 is 0 Å². The normalized spacial score (nSPS) is 12.6. The first-order chi connectivity index (χ1) is 22.6. The van der Waals surface area contributed by atoms with Crippen molar-refractivity contribution < 1.29 is 5.84 Å². The van der Waals surface area contributed by atoms with Gasteiger partial charge in [-0.2, -0.15) is 0 Å². The molecule has 3 heterocycles. The molecule has 3 aromatic rings. The fraction of sp³-hybridized carbons (Fsp3) is 0.735. The second-order valence-corrected chi connectivity index (χ2v) is 24.3. The second-order valence-electron chi connectivity index (χ2n) is 23.2. The van der Waals surface area contributed by atoms with Gasteiger partial charge in [0.25, 0.3) is 0 Å². The van der Waals surface area contributed by atoms with Gasteiger partial charge in [-0.1, -0.05) is 200 Å². The lowest BCUT2D eigenvalue weighted by molar-refractivity contribution is 0.344. The van der Waals surface area contributed by atoms with Crippen LogP contribution < -0.4 is 0 Å². The highest BCUT2D eigenvalue weighted by molar-refractivity contribution is 7.12. The van der Waals surface area contributed by atoms with Gasteiger partial charge in [0, 0.05) is 44.2 Å². The van der Waals surface area contributed by atoms with Gasteiger partial charge in [0.2, 0.25) is 0 Å². The Balaban J connectivity index is -0.000000293. The first-order valence-electron chi connectivity index (χ1n) is 19.8. The highest BCUT2D eigenvalue weighted by Gasteiger charge is 2.24. The maximum atomic E-state index is 5.81. The minimum atomic E-state index is 0. The summed E-state index contributed by atoms with van der Waals surface area (Å²) in [6.45, 7) is 61.3. The average Bonchev–Trinajstić information content (AvgIpc) is 3.58. The molecule has 0 saturated heterocycles. The van der Waals surface area contributed by atoms with Crippen LogP contribution in [0.25, 0.3) is 0 Å². The second kappa shape index (κ2) is 20.7. The van der Waals surface area contributed by atoms with Gasteiger partial charge < -0.3 is 4.42 Å². The summed E-state index contributed by atoms with van der Waals surface area (Å²) in [5.74, 6) is 2.13. The predicted molar refractivity (Wildman–Crippen MR) is 243 cm³/mol. The number of nitrogens with zero attached hydrogens (tertiary/aromatic N) is 1. The third-order valence-corrected chi connectivity index (χ3v) is 8.39. The third kappa shape index (κ3) is 27.7. The molecule has 0 aliphatic heterocycles. The Morgan fingerprint density at radius 1 is 0.385 bits per heavy atom. The van der Waals surface area contributed by atoms with Gasteiger partial charge in [-0.25, -0.2) is 0 Å². The number of pyridine rings is 1. The summed E-state index contributed by atoms with van der Waals surface area (Å²) in [6, 6.07) is 15.0. The zero-order valence-corrected chi connectivity index (χ0v) is 41.1. The lowest BCUT2D eigenvalue weighted by Crippen LogP contribution is -2.19. The highest BCUT2D eigenvalue weighted by atomic mass is 32.1. The molecule has 52 heavy (non-hydrogen) atoms. The first-order valence-corrected chi connectivity index (χ1v) is 20.6. The molecule has 0 unspecified atom stereocenters. The van der Waals surface area contributed by atoms with Crippen molar-refractivity contribution in [2.24, 2.45) is 10.8 Å². The molecule has 0 N–H and O–H groups in total. The first kappa shape index (κ1) is 54.5. The number of rotatable bonds is 0. The smallest absolute Gasteiger partial charge is 0.109 e. The largest absolute Gasteiger partial charge is 0.465 e. The molecule has 0 aliphatic carbocycles. The maximum absolute atomic E-state index is 5.81. The molecule has 3 rings (SSSR count). The van der Waals surface area contributed by atoms with Crippen LogP contribution in [-0.2, 0) is 32.5 Å². The lowest BCUT2D eigenvalue weighted by atomic mass is 9.88. The van der Waals surface area contributed by atoms with Gasteiger partial charge in [-0.3, -0.25) is 4.98 Å². The zero-order chi connectivity index (χ0) is 42.5. The van der Waals surface area contributed by atoms with Crippen LogP contribution >= 0.6 is 11.3 Å². The zero-order valence-electron chi connectivity index (χ0n) is 40.3. The summed E-state index contributed by atoms with van der Waals surface area (Å²) >= 11 is 1.95. The van der Waals surface area contributed by atoms with Gasteiger partial charge in [0.1, 0.15) is 11.5 Å². The SMILES string of the molecule is CC.CC(C)(C)C.CC(C)(C)C.CC(C)(C)c1ccc(C(C)(C)C)o1.CC(C)(C)c1ccc(C(C)(C)C)s1.CC(C)(C)c1cccc(C(C)(C)C)n1.[2HH]. The van der Waals surface area contributed by atoms with Gasteiger partial charge in [-0.05, 0) is 58.1 Å². The topological polar surface area (TPSA) is 26.0 Å². The molecule has 3 aromatic heterocycles. The Kier molecular flexibility index (Phi) is 21.7. The van der Waals surface area contributed by atoms with E-state index in [-0.39, 0.29) is 23.1 Å². The van der Waals surface area contributed by atoms with Crippen molar-refractivity contribution in [1.82, 2.24) is 4.98 Å². The summed E-state index contributed by atoms with van der Waals surface area (Å²) in [7, 11) is 0. The summed E-state index contributed by atoms with van der Waals surface area (Å²) in [6.07, 6.45) is 0. The van der Waals surface area contributed by atoms with Crippen LogP contribution in [0.15, 0.2) is 46.9 Å². The molecule has 0 radical (unpaired) electrons. The van der Waals surface area contributed by atoms with Crippen molar-refractivity contribution in [3.63, 3.8) is 0 Å². The van der Waals surface area contributed by atoms with Gasteiger partial charge in [-0.15, -0.1) is 11.3 Å². The van der Waals surface area contributed by atoms with E-state index in [2.05, 4.69) is 222 Å². The Morgan fingerprint density at radius 3 is 0.788 bits per heavy atom. The van der Waals surface area contributed by atoms with E-state index in [9.17, 15) is 0 Å². The highest BCUT2D eigenvalue weighted by Crippen LogP contribution is 2.35. The summed E-state index contributed by atoms with van der Waals surface area (Å²) in [5.41, 5.74) is 4.45. The Morgan fingerprint density at radius 2 is 0.635 bits per heavy atom. The van der Waals surface area contributed by atoms with E-state index in [0.717, 1.165) is 11.5 Å². The summed E-state index contributed by atoms with van der Waals surface area (Å²) in [5, 5.41) is 0. The van der Waals surface area contributed by atoms with Crippen LogP contribution in [0.2, 0.25) is 0 Å². The molecule has 0 saturated carbocycles. The number of hydrogen-bond acceptors (Lipinski definition) is 3. The number of thiophene rings is 1. The van der Waals surface area contributed by atoms with Crippen LogP contribution in [0.3, 0.4) is 0 Å². The monoisotopic (exact) mass is 745 g/mol. The molecule has 0 bridgehead atoms. The van der Waals surface area contributed by atoms with E-state index >= 15 is 0 Å². The number of furan rings is 1. The van der Waals surface area contributed by atoms with Crippen LogP contribution in [0.4, 0.5) is 0 Å². The van der Waals surface area contributed by atoms with Crippen molar-refractivity contribution in [3.05, 3.63) is 75.1 Å².